The molecule has 0 bridgehead atoms. The largest absolute Gasteiger partial charge is 0.496 e. The van der Waals surface area contributed by atoms with E-state index in [1.54, 1.807) is 12.0 Å². The highest BCUT2D eigenvalue weighted by Gasteiger charge is 2.29. The number of nitrogens with zero attached hydrogens (tertiary/aromatic N) is 2. The fourth-order valence-corrected chi connectivity index (χ4v) is 2.10. The number of amides is 1. The zero-order chi connectivity index (χ0) is 13.0. The molecule has 5 nitrogen and oxygen atoms in total. The fraction of sp³-hybridized carbons (Fsp3) is 0.385. The minimum atomic E-state index is -0.260. The number of hydrogen-bond acceptors (Lipinski definition) is 4. The highest BCUT2D eigenvalue weighted by Crippen LogP contribution is 2.22. The second-order valence-electron chi connectivity index (χ2n) is 4.16. The minimum absolute atomic E-state index is 0.00454. The molecule has 1 atom stereocenters. The Labute approximate surface area is 105 Å². The molecule has 0 N–H and O–H groups in total. The number of para-hydroxylation sites is 1. The monoisotopic (exact) mass is 246 g/mol. The third-order valence-corrected chi connectivity index (χ3v) is 2.98. The lowest BCUT2D eigenvalue weighted by Gasteiger charge is -2.17. The van der Waals surface area contributed by atoms with Crippen molar-refractivity contribution in [1.82, 2.24) is 4.90 Å². The summed E-state index contributed by atoms with van der Waals surface area (Å²) in [7, 11) is 1.60. The lowest BCUT2D eigenvalue weighted by Crippen LogP contribution is -2.25. The zero-order valence-electron chi connectivity index (χ0n) is 10.1. The van der Waals surface area contributed by atoms with Gasteiger partial charge in [-0.25, -0.2) is 9.79 Å². The lowest BCUT2D eigenvalue weighted by molar-refractivity contribution is -0.128. The summed E-state index contributed by atoms with van der Waals surface area (Å²) in [6.45, 7) is 0.944. The molecule has 1 unspecified atom stereocenters. The number of hydrogen-bond donors (Lipinski definition) is 0. The number of methoxy groups -OCH3 is 1. The van der Waals surface area contributed by atoms with E-state index in [4.69, 9.17) is 4.74 Å². The van der Waals surface area contributed by atoms with Crippen LogP contribution in [-0.4, -0.2) is 36.6 Å². The van der Waals surface area contributed by atoms with Crippen LogP contribution in [0.4, 0.5) is 0 Å². The maximum absolute atomic E-state index is 11.8. The zero-order valence-corrected chi connectivity index (χ0v) is 10.1. The van der Waals surface area contributed by atoms with Gasteiger partial charge in [0.25, 0.3) is 0 Å². The molecule has 1 aliphatic rings. The molecule has 0 spiro atoms. The second-order valence-corrected chi connectivity index (χ2v) is 4.16. The standard InChI is InChI=1S/C13H14N2O3/c1-18-12-5-3-2-4-10(12)7-15-8-11(14-9-16)6-13(15)17/h2-5,11H,6-8H2,1H3. The first-order valence-corrected chi connectivity index (χ1v) is 5.71. The van der Waals surface area contributed by atoms with Gasteiger partial charge in [0.1, 0.15) is 5.75 Å². The summed E-state index contributed by atoms with van der Waals surface area (Å²) in [6.07, 6.45) is 1.79. The van der Waals surface area contributed by atoms with Crippen molar-refractivity contribution in [3.63, 3.8) is 0 Å². The van der Waals surface area contributed by atoms with Gasteiger partial charge >= 0.3 is 0 Å². The van der Waals surface area contributed by atoms with Gasteiger partial charge in [-0.2, -0.15) is 0 Å². The Kier molecular flexibility index (Phi) is 3.75. The molecule has 1 aliphatic heterocycles. The quantitative estimate of drug-likeness (QED) is 0.591. The molecule has 0 radical (unpaired) electrons. The molecule has 1 amide bonds. The summed E-state index contributed by atoms with van der Waals surface area (Å²) in [5.41, 5.74) is 0.948. The van der Waals surface area contributed by atoms with Crippen molar-refractivity contribution < 1.29 is 14.3 Å². The second kappa shape index (κ2) is 5.47. The van der Waals surface area contributed by atoms with Crippen molar-refractivity contribution in [2.24, 2.45) is 4.99 Å². The fourth-order valence-electron chi connectivity index (χ4n) is 2.10. The lowest BCUT2D eigenvalue weighted by atomic mass is 10.2. The van der Waals surface area contributed by atoms with Crippen LogP contribution in [0.25, 0.3) is 0 Å². The number of rotatable bonds is 4. The third-order valence-electron chi connectivity index (χ3n) is 2.98. The SMILES string of the molecule is COc1ccccc1CN1CC(N=C=O)CC1=O. The number of carbonyl (C=O) groups is 1. The van der Waals surface area contributed by atoms with Crippen molar-refractivity contribution in [2.45, 2.75) is 19.0 Å². The van der Waals surface area contributed by atoms with Crippen LogP contribution in [0.1, 0.15) is 12.0 Å². The van der Waals surface area contributed by atoms with Crippen LogP contribution in [0.5, 0.6) is 5.75 Å². The van der Waals surface area contributed by atoms with Gasteiger partial charge in [0.2, 0.25) is 12.0 Å². The summed E-state index contributed by atoms with van der Waals surface area (Å²) < 4.78 is 5.24. The van der Waals surface area contributed by atoms with Crippen molar-refractivity contribution in [3.8, 4) is 5.75 Å². The van der Waals surface area contributed by atoms with E-state index in [1.807, 2.05) is 24.3 Å². The molecule has 5 heteroatoms. The molecule has 1 aromatic carbocycles. The number of likely N-dealkylation sites (tertiary alicyclic amines) is 1. The average molecular weight is 246 g/mol. The molecule has 94 valence electrons. The first-order valence-electron chi connectivity index (χ1n) is 5.71. The van der Waals surface area contributed by atoms with Crippen LogP contribution in [0.15, 0.2) is 29.3 Å². The van der Waals surface area contributed by atoms with Gasteiger partial charge in [-0.05, 0) is 6.07 Å². The molecular formula is C13H14N2O3. The smallest absolute Gasteiger partial charge is 0.235 e. The number of carbonyl (C=O) groups excluding carboxylic acids is 2. The molecular weight excluding hydrogens is 232 g/mol. The highest BCUT2D eigenvalue weighted by molar-refractivity contribution is 5.79. The molecule has 0 aliphatic carbocycles. The van der Waals surface area contributed by atoms with Gasteiger partial charge < -0.3 is 9.64 Å². The van der Waals surface area contributed by atoms with Gasteiger partial charge in [-0.3, -0.25) is 4.79 Å². The molecule has 2 rings (SSSR count). The van der Waals surface area contributed by atoms with Crippen LogP contribution < -0.4 is 4.74 Å². The first-order chi connectivity index (χ1) is 8.74. The highest BCUT2D eigenvalue weighted by atomic mass is 16.5. The van der Waals surface area contributed by atoms with Crippen LogP contribution in [-0.2, 0) is 16.1 Å². The van der Waals surface area contributed by atoms with Crippen molar-refractivity contribution in [2.75, 3.05) is 13.7 Å². The number of isocyanates is 1. The summed E-state index contributed by atoms with van der Waals surface area (Å²) in [5.74, 6) is 0.762. The molecule has 1 aromatic rings. The number of benzene rings is 1. The Balaban J connectivity index is 2.10. The van der Waals surface area contributed by atoms with Crippen LogP contribution in [0.2, 0.25) is 0 Å². The van der Waals surface area contributed by atoms with Crippen LogP contribution in [0, 0.1) is 0 Å². The molecule has 1 saturated heterocycles. The first kappa shape index (κ1) is 12.3. The summed E-state index contributed by atoms with van der Waals surface area (Å²) in [6, 6.07) is 7.30. The summed E-state index contributed by atoms with van der Waals surface area (Å²) >= 11 is 0. The van der Waals surface area contributed by atoms with E-state index in [2.05, 4.69) is 4.99 Å². The average Bonchev–Trinajstić information content (AvgIpc) is 2.71. The molecule has 18 heavy (non-hydrogen) atoms. The Hall–Kier alpha value is -2.13. The molecule has 0 saturated carbocycles. The van der Waals surface area contributed by atoms with E-state index in [1.165, 1.54) is 6.08 Å². The normalized spacial score (nSPS) is 18.6. The van der Waals surface area contributed by atoms with E-state index >= 15 is 0 Å². The summed E-state index contributed by atoms with van der Waals surface area (Å²) in [4.78, 5) is 27.2. The van der Waals surface area contributed by atoms with Crippen molar-refractivity contribution >= 4 is 12.0 Å². The predicted octanol–water partition coefficient (Wildman–Crippen LogP) is 1.13. The summed E-state index contributed by atoms with van der Waals surface area (Å²) in [5, 5.41) is 0. The Morgan fingerprint density at radius 1 is 1.50 bits per heavy atom. The van der Waals surface area contributed by atoms with Gasteiger partial charge in [0.15, 0.2) is 0 Å². The Morgan fingerprint density at radius 3 is 3.00 bits per heavy atom. The topological polar surface area (TPSA) is 59.0 Å². The van der Waals surface area contributed by atoms with E-state index < -0.39 is 0 Å². The van der Waals surface area contributed by atoms with Gasteiger partial charge in [0.05, 0.1) is 19.6 Å². The third kappa shape index (κ3) is 2.57. The number of ether oxygens (including phenoxy) is 1. The number of aliphatic imine (C=N–C) groups is 1. The van der Waals surface area contributed by atoms with Gasteiger partial charge in [-0.15, -0.1) is 0 Å². The molecule has 0 aromatic heterocycles. The van der Waals surface area contributed by atoms with E-state index in [9.17, 15) is 9.59 Å². The predicted molar refractivity (Wildman–Crippen MR) is 64.9 cm³/mol. The van der Waals surface area contributed by atoms with E-state index in [-0.39, 0.29) is 18.4 Å². The minimum Gasteiger partial charge on any atom is -0.496 e. The Bertz CT molecular complexity index is 495. The maximum Gasteiger partial charge on any atom is 0.235 e. The van der Waals surface area contributed by atoms with Crippen molar-refractivity contribution in [1.29, 1.82) is 0 Å². The van der Waals surface area contributed by atoms with Gasteiger partial charge in [0, 0.05) is 18.7 Å². The van der Waals surface area contributed by atoms with Crippen LogP contribution >= 0.6 is 0 Å². The van der Waals surface area contributed by atoms with Crippen molar-refractivity contribution in [3.05, 3.63) is 29.8 Å². The van der Waals surface area contributed by atoms with Gasteiger partial charge in [-0.1, -0.05) is 18.2 Å². The Morgan fingerprint density at radius 2 is 2.28 bits per heavy atom. The maximum atomic E-state index is 11.8. The molecule has 1 fully saturated rings. The molecule has 1 heterocycles. The van der Waals surface area contributed by atoms with E-state index in [0.717, 1.165) is 11.3 Å². The van der Waals surface area contributed by atoms with E-state index in [0.29, 0.717) is 13.1 Å². The van der Waals surface area contributed by atoms with Crippen LogP contribution in [0.3, 0.4) is 0 Å².